The lowest BCUT2D eigenvalue weighted by atomic mass is 10.1. The Bertz CT molecular complexity index is 456. The molecular weight excluding hydrogens is 254 g/mol. The van der Waals surface area contributed by atoms with Crippen LogP contribution in [-0.4, -0.2) is 45.6 Å². The molecule has 1 aromatic heterocycles. The standard InChI is InChI=1S/C15H23N3O2/c1-11(19)8-10-18(2)15(20)13-7-9-16-14(17-13)12-5-3-4-6-12/h7,9,11-12,19H,3-6,8,10H2,1-2H3. The number of carbonyl (C=O) groups is 1. The zero-order chi connectivity index (χ0) is 14.5. The average Bonchev–Trinajstić information content (AvgIpc) is 2.98. The van der Waals surface area contributed by atoms with Gasteiger partial charge >= 0.3 is 0 Å². The van der Waals surface area contributed by atoms with Crippen LogP contribution in [0.5, 0.6) is 0 Å². The van der Waals surface area contributed by atoms with E-state index in [1.165, 1.54) is 12.8 Å². The first-order valence-electron chi connectivity index (χ1n) is 7.34. The molecule has 0 radical (unpaired) electrons. The van der Waals surface area contributed by atoms with E-state index in [-0.39, 0.29) is 5.91 Å². The second-order valence-electron chi connectivity index (χ2n) is 5.65. The van der Waals surface area contributed by atoms with Crippen LogP contribution in [0.2, 0.25) is 0 Å². The third-order valence-corrected chi connectivity index (χ3v) is 3.84. The molecule has 1 N–H and O–H groups in total. The summed E-state index contributed by atoms with van der Waals surface area (Å²) < 4.78 is 0. The number of nitrogens with zero attached hydrogens (tertiary/aromatic N) is 3. The number of amides is 1. The van der Waals surface area contributed by atoms with Crippen LogP contribution in [0.1, 0.15) is 61.3 Å². The Hall–Kier alpha value is -1.49. The summed E-state index contributed by atoms with van der Waals surface area (Å²) in [7, 11) is 1.74. The van der Waals surface area contributed by atoms with E-state index >= 15 is 0 Å². The van der Waals surface area contributed by atoms with Gasteiger partial charge in [0.1, 0.15) is 11.5 Å². The molecule has 5 nitrogen and oxygen atoms in total. The smallest absolute Gasteiger partial charge is 0.272 e. The van der Waals surface area contributed by atoms with Crippen molar-refractivity contribution in [3.05, 3.63) is 23.8 Å². The van der Waals surface area contributed by atoms with E-state index in [0.29, 0.717) is 24.6 Å². The van der Waals surface area contributed by atoms with Gasteiger partial charge in [-0.05, 0) is 32.3 Å². The van der Waals surface area contributed by atoms with Crippen molar-refractivity contribution in [1.82, 2.24) is 14.9 Å². The van der Waals surface area contributed by atoms with Crippen molar-refractivity contribution in [2.24, 2.45) is 0 Å². The second-order valence-corrected chi connectivity index (χ2v) is 5.65. The van der Waals surface area contributed by atoms with Gasteiger partial charge in [-0.25, -0.2) is 9.97 Å². The molecule has 0 saturated heterocycles. The number of carbonyl (C=O) groups excluding carboxylic acids is 1. The highest BCUT2D eigenvalue weighted by molar-refractivity contribution is 5.92. The van der Waals surface area contributed by atoms with E-state index in [2.05, 4.69) is 9.97 Å². The quantitative estimate of drug-likeness (QED) is 0.893. The maximum Gasteiger partial charge on any atom is 0.272 e. The summed E-state index contributed by atoms with van der Waals surface area (Å²) >= 11 is 0. The summed E-state index contributed by atoms with van der Waals surface area (Å²) in [5.41, 5.74) is 0.454. The number of aliphatic hydroxyl groups is 1. The maximum atomic E-state index is 12.3. The minimum atomic E-state index is -0.398. The number of rotatable bonds is 5. The van der Waals surface area contributed by atoms with E-state index in [4.69, 9.17) is 0 Å². The zero-order valence-electron chi connectivity index (χ0n) is 12.2. The molecule has 1 atom stereocenters. The van der Waals surface area contributed by atoms with Gasteiger partial charge in [0.2, 0.25) is 0 Å². The number of hydrogen-bond donors (Lipinski definition) is 1. The third kappa shape index (κ3) is 3.76. The average molecular weight is 277 g/mol. The fourth-order valence-corrected chi connectivity index (χ4v) is 2.55. The lowest BCUT2D eigenvalue weighted by Crippen LogP contribution is -2.30. The van der Waals surface area contributed by atoms with Crippen LogP contribution >= 0.6 is 0 Å². The van der Waals surface area contributed by atoms with Crippen LogP contribution < -0.4 is 0 Å². The topological polar surface area (TPSA) is 66.3 Å². The Labute approximate surface area is 120 Å². The molecule has 1 fully saturated rings. The van der Waals surface area contributed by atoms with Crippen molar-refractivity contribution in [1.29, 1.82) is 0 Å². The van der Waals surface area contributed by atoms with Crippen molar-refractivity contribution < 1.29 is 9.90 Å². The number of aromatic nitrogens is 2. The fraction of sp³-hybridized carbons (Fsp3) is 0.667. The molecule has 20 heavy (non-hydrogen) atoms. The van der Waals surface area contributed by atoms with Crippen LogP contribution in [0.15, 0.2) is 12.3 Å². The van der Waals surface area contributed by atoms with Gasteiger partial charge in [0.05, 0.1) is 6.10 Å². The molecule has 1 amide bonds. The largest absolute Gasteiger partial charge is 0.393 e. The Morgan fingerprint density at radius 2 is 2.20 bits per heavy atom. The molecule has 1 saturated carbocycles. The van der Waals surface area contributed by atoms with E-state index in [1.54, 1.807) is 31.1 Å². The van der Waals surface area contributed by atoms with Gasteiger partial charge < -0.3 is 10.0 Å². The van der Waals surface area contributed by atoms with Crippen LogP contribution in [-0.2, 0) is 0 Å². The molecule has 0 spiro atoms. The first kappa shape index (κ1) is 14.9. The Balaban J connectivity index is 2.03. The lowest BCUT2D eigenvalue weighted by Gasteiger charge is -2.18. The van der Waals surface area contributed by atoms with Gasteiger partial charge in [0.15, 0.2) is 0 Å². The normalized spacial score (nSPS) is 17.1. The molecule has 110 valence electrons. The van der Waals surface area contributed by atoms with Gasteiger partial charge in [-0.1, -0.05) is 12.8 Å². The molecule has 5 heteroatoms. The van der Waals surface area contributed by atoms with Crippen LogP contribution in [0.25, 0.3) is 0 Å². The summed E-state index contributed by atoms with van der Waals surface area (Å²) in [6, 6.07) is 1.67. The summed E-state index contributed by atoms with van der Waals surface area (Å²) in [6.45, 7) is 2.25. The maximum absolute atomic E-state index is 12.3. The van der Waals surface area contributed by atoms with Crippen molar-refractivity contribution in [3.63, 3.8) is 0 Å². The molecular formula is C15H23N3O2. The molecule has 0 bridgehead atoms. The Kier molecular flexibility index (Phi) is 5.06. The molecule has 0 aromatic carbocycles. The Morgan fingerprint density at radius 3 is 2.85 bits per heavy atom. The molecule has 1 aromatic rings. The number of hydrogen-bond acceptors (Lipinski definition) is 4. The van der Waals surface area contributed by atoms with Crippen molar-refractivity contribution in [2.75, 3.05) is 13.6 Å². The fourth-order valence-electron chi connectivity index (χ4n) is 2.55. The van der Waals surface area contributed by atoms with E-state index in [9.17, 15) is 9.90 Å². The molecule has 1 unspecified atom stereocenters. The summed E-state index contributed by atoms with van der Waals surface area (Å²) in [5, 5.41) is 9.28. The zero-order valence-corrected chi connectivity index (χ0v) is 12.2. The predicted octanol–water partition coefficient (Wildman–Crippen LogP) is 1.98. The highest BCUT2D eigenvalue weighted by Crippen LogP contribution is 2.31. The second kappa shape index (κ2) is 6.79. The summed E-state index contributed by atoms with van der Waals surface area (Å²) in [5.74, 6) is 1.11. The molecule has 1 aliphatic carbocycles. The predicted molar refractivity (Wildman–Crippen MR) is 76.5 cm³/mol. The van der Waals surface area contributed by atoms with Gasteiger partial charge in [0.25, 0.3) is 5.91 Å². The summed E-state index contributed by atoms with van der Waals surface area (Å²) in [4.78, 5) is 22.6. The minimum Gasteiger partial charge on any atom is -0.393 e. The summed E-state index contributed by atoms with van der Waals surface area (Å²) in [6.07, 6.45) is 6.54. The molecule has 0 aliphatic heterocycles. The van der Waals surface area contributed by atoms with Crippen LogP contribution in [0.3, 0.4) is 0 Å². The van der Waals surface area contributed by atoms with Gasteiger partial charge in [-0.3, -0.25) is 4.79 Å². The highest BCUT2D eigenvalue weighted by Gasteiger charge is 2.21. The molecule has 1 aliphatic rings. The van der Waals surface area contributed by atoms with Crippen LogP contribution in [0, 0.1) is 0 Å². The highest BCUT2D eigenvalue weighted by atomic mass is 16.3. The van der Waals surface area contributed by atoms with Gasteiger partial charge in [-0.2, -0.15) is 0 Å². The van der Waals surface area contributed by atoms with E-state index in [0.717, 1.165) is 18.7 Å². The Morgan fingerprint density at radius 1 is 1.50 bits per heavy atom. The number of aliphatic hydroxyl groups excluding tert-OH is 1. The first-order valence-corrected chi connectivity index (χ1v) is 7.34. The molecule has 2 rings (SSSR count). The first-order chi connectivity index (χ1) is 9.58. The van der Waals surface area contributed by atoms with Crippen molar-refractivity contribution >= 4 is 5.91 Å². The minimum absolute atomic E-state index is 0.104. The van der Waals surface area contributed by atoms with Crippen molar-refractivity contribution in [2.45, 2.75) is 51.0 Å². The monoisotopic (exact) mass is 277 g/mol. The van der Waals surface area contributed by atoms with E-state index in [1.807, 2.05) is 0 Å². The third-order valence-electron chi connectivity index (χ3n) is 3.84. The van der Waals surface area contributed by atoms with Crippen molar-refractivity contribution in [3.8, 4) is 0 Å². The van der Waals surface area contributed by atoms with Crippen LogP contribution in [0.4, 0.5) is 0 Å². The molecule has 1 heterocycles. The lowest BCUT2D eigenvalue weighted by molar-refractivity contribution is 0.0762. The van der Waals surface area contributed by atoms with Gasteiger partial charge in [0, 0.05) is 25.7 Å². The SMILES string of the molecule is CC(O)CCN(C)C(=O)c1ccnc(C2CCCC2)n1. The van der Waals surface area contributed by atoms with Gasteiger partial charge in [-0.15, -0.1) is 0 Å². The van der Waals surface area contributed by atoms with E-state index < -0.39 is 6.10 Å².